The molecule has 0 aliphatic carbocycles. The number of ether oxygens (including phenoxy) is 2. The van der Waals surface area contributed by atoms with Crippen LogP contribution in [0.2, 0.25) is 5.02 Å². The molecule has 1 saturated heterocycles. The second-order valence-electron chi connectivity index (χ2n) is 9.18. The molecule has 1 aliphatic heterocycles. The van der Waals surface area contributed by atoms with Crippen molar-refractivity contribution in [3.63, 3.8) is 0 Å². The van der Waals surface area contributed by atoms with Crippen LogP contribution < -0.4 is 19.7 Å². The average Bonchev–Trinajstić information content (AvgIpc) is 2.97. The molecule has 0 saturated carbocycles. The summed E-state index contributed by atoms with van der Waals surface area (Å²) in [6, 6.07) is 26.5. The highest BCUT2D eigenvalue weighted by molar-refractivity contribution is 9.10. The zero-order chi connectivity index (χ0) is 28.9. The van der Waals surface area contributed by atoms with Crippen LogP contribution in [0.4, 0.5) is 10.5 Å². The summed E-state index contributed by atoms with van der Waals surface area (Å²) in [5.74, 6) is -0.489. The fourth-order valence-corrected chi connectivity index (χ4v) is 5.10. The standard InChI is InChI=1S/C32H24BrClN2O5/c1-40-29-17-21(16-28(34)25(29)18-22-9-5-6-10-27(22)33)15-26-30(37)35-32(39)36(31(26)38)23-11-13-24(14-12-23)41-19-20-7-3-2-4-8-20/h2-17H,18-19H2,1H3,(H,35,37,39)/b26-15+. The van der Waals surface area contributed by atoms with E-state index in [1.54, 1.807) is 36.4 Å². The van der Waals surface area contributed by atoms with Crippen LogP contribution in [0.1, 0.15) is 22.3 Å². The summed E-state index contributed by atoms with van der Waals surface area (Å²) in [7, 11) is 1.53. The van der Waals surface area contributed by atoms with E-state index in [2.05, 4.69) is 21.2 Å². The van der Waals surface area contributed by atoms with Gasteiger partial charge < -0.3 is 9.47 Å². The van der Waals surface area contributed by atoms with Crippen LogP contribution in [0.5, 0.6) is 11.5 Å². The van der Waals surface area contributed by atoms with Crippen LogP contribution >= 0.6 is 27.5 Å². The molecule has 0 radical (unpaired) electrons. The van der Waals surface area contributed by atoms with Crippen LogP contribution in [0.3, 0.4) is 0 Å². The van der Waals surface area contributed by atoms with Crippen molar-refractivity contribution in [1.29, 1.82) is 0 Å². The molecule has 41 heavy (non-hydrogen) atoms. The second kappa shape index (κ2) is 12.4. The SMILES string of the molecule is COc1cc(/C=C2\C(=O)NC(=O)N(c3ccc(OCc4ccccc4)cc3)C2=O)cc(Cl)c1Cc1ccccc1Br. The van der Waals surface area contributed by atoms with Gasteiger partial charge in [0.05, 0.1) is 12.8 Å². The molecule has 7 nitrogen and oxygen atoms in total. The number of nitrogens with zero attached hydrogens (tertiary/aromatic N) is 1. The van der Waals surface area contributed by atoms with E-state index in [9.17, 15) is 14.4 Å². The van der Waals surface area contributed by atoms with Crippen LogP contribution in [0.15, 0.2) is 101 Å². The Morgan fingerprint density at radius 3 is 2.34 bits per heavy atom. The third-order valence-electron chi connectivity index (χ3n) is 6.48. The van der Waals surface area contributed by atoms with Crippen LogP contribution in [0.25, 0.3) is 6.08 Å². The minimum Gasteiger partial charge on any atom is -0.496 e. The average molecular weight is 632 g/mol. The number of anilines is 1. The summed E-state index contributed by atoms with van der Waals surface area (Å²) in [6.45, 7) is 0.373. The highest BCUT2D eigenvalue weighted by Gasteiger charge is 2.37. The quantitative estimate of drug-likeness (QED) is 0.168. The van der Waals surface area contributed by atoms with Crippen LogP contribution in [-0.4, -0.2) is 25.0 Å². The number of urea groups is 1. The fourth-order valence-electron chi connectivity index (χ4n) is 4.39. The molecule has 206 valence electrons. The lowest BCUT2D eigenvalue weighted by molar-refractivity contribution is -0.122. The van der Waals surface area contributed by atoms with Crippen LogP contribution in [-0.2, 0) is 22.6 Å². The van der Waals surface area contributed by atoms with E-state index in [-0.39, 0.29) is 11.3 Å². The van der Waals surface area contributed by atoms with Gasteiger partial charge in [0, 0.05) is 21.5 Å². The molecule has 1 aliphatic rings. The summed E-state index contributed by atoms with van der Waals surface area (Å²) < 4.78 is 12.3. The predicted molar refractivity (Wildman–Crippen MR) is 161 cm³/mol. The number of methoxy groups -OCH3 is 1. The van der Waals surface area contributed by atoms with Crippen molar-refractivity contribution in [1.82, 2.24) is 5.32 Å². The fraction of sp³-hybridized carbons (Fsp3) is 0.0938. The highest BCUT2D eigenvalue weighted by Crippen LogP contribution is 2.34. The first-order chi connectivity index (χ1) is 19.8. The van der Waals surface area contributed by atoms with Gasteiger partial charge in [-0.3, -0.25) is 14.9 Å². The maximum Gasteiger partial charge on any atom is 0.335 e. The van der Waals surface area contributed by atoms with Gasteiger partial charge >= 0.3 is 6.03 Å². The van der Waals surface area contributed by atoms with E-state index in [1.807, 2.05) is 54.6 Å². The van der Waals surface area contributed by atoms with Crippen molar-refractivity contribution in [2.75, 3.05) is 12.0 Å². The van der Waals surface area contributed by atoms with E-state index in [1.165, 1.54) is 13.2 Å². The summed E-state index contributed by atoms with van der Waals surface area (Å²) >= 11 is 10.2. The number of benzene rings is 4. The lowest BCUT2D eigenvalue weighted by Gasteiger charge is -2.26. The zero-order valence-electron chi connectivity index (χ0n) is 21.9. The van der Waals surface area contributed by atoms with Gasteiger partial charge in [0.25, 0.3) is 11.8 Å². The molecule has 4 amide bonds. The lowest BCUT2D eigenvalue weighted by Crippen LogP contribution is -2.54. The number of barbiturate groups is 1. The maximum atomic E-state index is 13.4. The number of rotatable bonds is 8. The molecule has 0 unspecified atom stereocenters. The highest BCUT2D eigenvalue weighted by atomic mass is 79.9. The number of carbonyl (C=O) groups excluding carboxylic acids is 3. The smallest absolute Gasteiger partial charge is 0.335 e. The molecule has 0 spiro atoms. The Labute approximate surface area is 250 Å². The summed E-state index contributed by atoms with van der Waals surface area (Å²) in [5, 5.41) is 2.65. The van der Waals surface area contributed by atoms with Gasteiger partial charge in [-0.15, -0.1) is 0 Å². The lowest BCUT2D eigenvalue weighted by atomic mass is 10.0. The number of hydrogen-bond donors (Lipinski definition) is 1. The summed E-state index contributed by atoms with van der Waals surface area (Å²) in [4.78, 5) is 39.7. The van der Waals surface area contributed by atoms with Gasteiger partial charge in [0.15, 0.2) is 0 Å². The molecular formula is C32H24BrClN2O5. The first-order valence-corrected chi connectivity index (χ1v) is 13.8. The van der Waals surface area contributed by atoms with E-state index in [4.69, 9.17) is 21.1 Å². The molecule has 4 aromatic carbocycles. The topological polar surface area (TPSA) is 84.9 Å². The third-order valence-corrected chi connectivity index (χ3v) is 7.59. The number of amides is 4. The molecule has 1 heterocycles. The molecular weight excluding hydrogens is 608 g/mol. The van der Waals surface area contributed by atoms with Gasteiger partial charge in [-0.1, -0.05) is 76.1 Å². The molecule has 1 fully saturated rings. The largest absolute Gasteiger partial charge is 0.496 e. The van der Waals surface area contributed by atoms with Gasteiger partial charge in [0.2, 0.25) is 0 Å². The Balaban J connectivity index is 1.38. The number of hydrogen-bond acceptors (Lipinski definition) is 5. The molecule has 1 N–H and O–H groups in total. The summed E-state index contributed by atoms with van der Waals surface area (Å²) in [5.41, 5.74) is 3.33. The van der Waals surface area contributed by atoms with Gasteiger partial charge in [-0.25, -0.2) is 9.69 Å². The van der Waals surface area contributed by atoms with E-state index >= 15 is 0 Å². The Morgan fingerprint density at radius 2 is 1.63 bits per heavy atom. The van der Waals surface area contributed by atoms with Crippen molar-refractivity contribution in [2.24, 2.45) is 0 Å². The predicted octanol–water partition coefficient (Wildman–Crippen LogP) is 6.95. The zero-order valence-corrected chi connectivity index (χ0v) is 24.2. The van der Waals surface area contributed by atoms with Crippen molar-refractivity contribution < 1.29 is 23.9 Å². The maximum absolute atomic E-state index is 13.4. The monoisotopic (exact) mass is 630 g/mol. The summed E-state index contributed by atoms with van der Waals surface area (Å²) in [6.07, 6.45) is 1.90. The number of imide groups is 2. The molecule has 9 heteroatoms. The number of carbonyl (C=O) groups is 3. The Hall–Kier alpha value is -4.40. The first kappa shape index (κ1) is 28.1. The van der Waals surface area contributed by atoms with Gasteiger partial charge in [-0.05, 0) is 65.2 Å². The van der Waals surface area contributed by atoms with Gasteiger partial charge in [-0.2, -0.15) is 0 Å². The van der Waals surface area contributed by atoms with Crippen molar-refractivity contribution >= 4 is 57.1 Å². The Morgan fingerprint density at radius 1 is 0.927 bits per heavy atom. The van der Waals surface area contributed by atoms with E-state index in [0.717, 1.165) is 26.1 Å². The molecule has 0 atom stereocenters. The molecule has 4 aromatic rings. The van der Waals surface area contributed by atoms with E-state index in [0.29, 0.717) is 35.1 Å². The number of halogens is 2. The van der Waals surface area contributed by atoms with Crippen molar-refractivity contribution in [2.45, 2.75) is 13.0 Å². The minimum atomic E-state index is -0.838. The van der Waals surface area contributed by atoms with Gasteiger partial charge in [0.1, 0.15) is 23.7 Å². The number of nitrogens with one attached hydrogen (secondary N) is 1. The molecule has 0 bridgehead atoms. The van der Waals surface area contributed by atoms with E-state index < -0.39 is 17.8 Å². The molecule has 0 aromatic heterocycles. The minimum absolute atomic E-state index is 0.217. The van der Waals surface area contributed by atoms with Crippen LogP contribution in [0, 0.1) is 0 Å². The molecule has 5 rings (SSSR count). The normalized spacial score (nSPS) is 14.3. The van der Waals surface area contributed by atoms with Crippen molar-refractivity contribution in [3.8, 4) is 11.5 Å². The Bertz CT molecular complexity index is 1650. The second-order valence-corrected chi connectivity index (χ2v) is 10.4. The first-order valence-electron chi connectivity index (χ1n) is 12.6. The third kappa shape index (κ3) is 6.34. The van der Waals surface area contributed by atoms with Crippen molar-refractivity contribution in [3.05, 3.63) is 128 Å². The Kier molecular flexibility index (Phi) is 8.52.